The van der Waals surface area contributed by atoms with Gasteiger partial charge in [-0.3, -0.25) is 0 Å². The van der Waals surface area contributed by atoms with E-state index in [4.69, 9.17) is 5.73 Å². The molecule has 0 saturated carbocycles. The van der Waals surface area contributed by atoms with Crippen molar-refractivity contribution in [3.8, 4) is 0 Å². The molecule has 74 valence electrons. The van der Waals surface area contributed by atoms with Crippen molar-refractivity contribution in [3.05, 3.63) is 30.4 Å². The summed E-state index contributed by atoms with van der Waals surface area (Å²) in [6.45, 7) is 13.2. The number of nitrogen functional groups attached to an aromatic ring is 1. The molecule has 0 bridgehead atoms. The molecular formula is C11H15N3. The molecular weight excluding hydrogens is 174 g/mol. The number of aryl methyl sites for hydroxylation is 1. The Kier molecular flexibility index (Phi) is 2.70. The van der Waals surface area contributed by atoms with Crippen LogP contribution >= 0.6 is 0 Å². The summed E-state index contributed by atoms with van der Waals surface area (Å²) < 4.78 is 0. The van der Waals surface area contributed by atoms with Crippen LogP contribution in [-0.4, -0.2) is 9.97 Å². The Balaban J connectivity index is 3.47. The van der Waals surface area contributed by atoms with Crippen LogP contribution in [0.25, 0.3) is 11.1 Å². The Morgan fingerprint density at radius 1 is 1.07 bits per heavy atom. The molecule has 3 nitrogen and oxygen atoms in total. The van der Waals surface area contributed by atoms with Gasteiger partial charge in [0.25, 0.3) is 0 Å². The molecule has 1 rings (SSSR count). The first-order valence-corrected chi connectivity index (χ1v) is 4.39. The van der Waals surface area contributed by atoms with Crippen molar-refractivity contribution in [1.82, 2.24) is 9.97 Å². The normalized spacial score (nSPS) is 9.93. The zero-order chi connectivity index (χ0) is 10.9. The van der Waals surface area contributed by atoms with Gasteiger partial charge in [-0.2, -0.15) is 0 Å². The van der Waals surface area contributed by atoms with Gasteiger partial charge in [0.15, 0.2) is 0 Å². The van der Waals surface area contributed by atoms with E-state index in [0.29, 0.717) is 11.5 Å². The molecule has 1 aromatic rings. The van der Waals surface area contributed by atoms with Crippen LogP contribution < -0.4 is 5.73 Å². The van der Waals surface area contributed by atoms with Crippen molar-refractivity contribution < 1.29 is 0 Å². The van der Waals surface area contributed by atoms with Crippen molar-refractivity contribution in [2.75, 3.05) is 5.73 Å². The summed E-state index contributed by atoms with van der Waals surface area (Å²) in [6.07, 6.45) is 0. The maximum absolute atomic E-state index is 5.91. The molecule has 2 N–H and O–H groups in total. The van der Waals surface area contributed by atoms with Crippen LogP contribution in [0.1, 0.15) is 31.1 Å². The van der Waals surface area contributed by atoms with E-state index >= 15 is 0 Å². The van der Waals surface area contributed by atoms with Gasteiger partial charge in [0.2, 0.25) is 0 Å². The molecule has 0 fully saturated rings. The van der Waals surface area contributed by atoms with Gasteiger partial charge in [-0.25, -0.2) is 9.97 Å². The molecule has 0 unspecified atom stereocenters. The number of anilines is 1. The van der Waals surface area contributed by atoms with E-state index in [1.54, 1.807) is 0 Å². The number of nitrogens with zero attached hydrogens (tertiary/aromatic N) is 2. The van der Waals surface area contributed by atoms with E-state index in [0.717, 1.165) is 22.5 Å². The van der Waals surface area contributed by atoms with E-state index in [9.17, 15) is 0 Å². The summed E-state index contributed by atoms with van der Waals surface area (Å²) in [4.78, 5) is 8.48. The van der Waals surface area contributed by atoms with E-state index in [1.807, 2.05) is 20.8 Å². The molecule has 0 atom stereocenters. The maximum atomic E-state index is 5.91. The molecule has 1 aromatic heterocycles. The Morgan fingerprint density at radius 2 is 1.43 bits per heavy atom. The summed E-state index contributed by atoms with van der Waals surface area (Å²) in [5.74, 6) is 0.690. The lowest BCUT2D eigenvalue weighted by molar-refractivity contribution is 1.02. The Bertz CT molecular complexity index is 370. The quantitative estimate of drug-likeness (QED) is 0.777. The smallest absolute Gasteiger partial charge is 0.126 e. The van der Waals surface area contributed by atoms with Crippen LogP contribution in [0.3, 0.4) is 0 Å². The lowest BCUT2D eigenvalue weighted by Crippen LogP contribution is -2.05. The molecule has 0 aliphatic heterocycles. The SMILES string of the molecule is C=C(C)c1nc(C)nc(C(=C)C)c1N. The molecule has 0 aromatic carbocycles. The van der Waals surface area contributed by atoms with Gasteiger partial charge in [0.1, 0.15) is 5.82 Å². The van der Waals surface area contributed by atoms with Gasteiger partial charge in [0.05, 0.1) is 17.1 Å². The van der Waals surface area contributed by atoms with Gasteiger partial charge in [-0.15, -0.1) is 0 Å². The van der Waals surface area contributed by atoms with Crippen molar-refractivity contribution >= 4 is 16.8 Å². The second kappa shape index (κ2) is 3.62. The number of aromatic nitrogens is 2. The van der Waals surface area contributed by atoms with Crippen molar-refractivity contribution in [3.63, 3.8) is 0 Å². The van der Waals surface area contributed by atoms with Gasteiger partial charge in [-0.05, 0) is 31.9 Å². The maximum Gasteiger partial charge on any atom is 0.126 e. The fourth-order valence-corrected chi connectivity index (χ4v) is 1.23. The summed E-state index contributed by atoms with van der Waals surface area (Å²) >= 11 is 0. The third kappa shape index (κ3) is 1.82. The number of hydrogen-bond acceptors (Lipinski definition) is 3. The van der Waals surface area contributed by atoms with E-state index in [1.165, 1.54) is 0 Å². The first-order valence-electron chi connectivity index (χ1n) is 4.39. The first kappa shape index (κ1) is 10.4. The molecule has 0 aliphatic rings. The number of hydrogen-bond donors (Lipinski definition) is 1. The fraction of sp³-hybridized carbons (Fsp3) is 0.273. The predicted molar refractivity (Wildman–Crippen MR) is 60.6 cm³/mol. The minimum Gasteiger partial charge on any atom is -0.395 e. The van der Waals surface area contributed by atoms with Crippen LogP contribution in [0.15, 0.2) is 13.2 Å². The monoisotopic (exact) mass is 189 g/mol. The van der Waals surface area contributed by atoms with Gasteiger partial charge in [0, 0.05) is 0 Å². The fourth-order valence-electron chi connectivity index (χ4n) is 1.23. The average molecular weight is 189 g/mol. The van der Waals surface area contributed by atoms with E-state index in [-0.39, 0.29) is 0 Å². The molecule has 0 spiro atoms. The summed E-state index contributed by atoms with van der Waals surface area (Å²) in [6, 6.07) is 0. The number of allylic oxidation sites excluding steroid dienone is 2. The van der Waals surface area contributed by atoms with Crippen LogP contribution in [0.5, 0.6) is 0 Å². The van der Waals surface area contributed by atoms with Crippen molar-refractivity contribution in [1.29, 1.82) is 0 Å². The Labute approximate surface area is 84.4 Å². The molecule has 0 saturated heterocycles. The zero-order valence-electron chi connectivity index (χ0n) is 8.89. The second-order valence-corrected chi connectivity index (χ2v) is 3.44. The van der Waals surface area contributed by atoms with Gasteiger partial charge >= 0.3 is 0 Å². The molecule has 0 amide bonds. The van der Waals surface area contributed by atoms with E-state index in [2.05, 4.69) is 23.1 Å². The second-order valence-electron chi connectivity index (χ2n) is 3.44. The molecule has 0 radical (unpaired) electrons. The highest BCUT2D eigenvalue weighted by Gasteiger charge is 2.10. The molecule has 3 heteroatoms. The van der Waals surface area contributed by atoms with Crippen molar-refractivity contribution in [2.45, 2.75) is 20.8 Å². The average Bonchev–Trinajstić information content (AvgIpc) is 2.07. The highest BCUT2D eigenvalue weighted by molar-refractivity contribution is 5.78. The lowest BCUT2D eigenvalue weighted by atomic mass is 10.1. The summed E-state index contributed by atoms with van der Waals surface area (Å²) in [7, 11) is 0. The summed E-state index contributed by atoms with van der Waals surface area (Å²) in [5, 5.41) is 0. The molecule has 14 heavy (non-hydrogen) atoms. The van der Waals surface area contributed by atoms with Crippen LogP contribution in [0.2, 0.25) is 0 Å². The molecule has 0 aliphatic carbocycles. The predicted octanol–water partition coefficient (Wildman–Crippen LogP) is 2.43. The number of rotatable bonds is 2. The van der Waals surface area contributed by atoms with Crippen molar-refractivity contribution in [2.24, 2.45) is 0 Å². The van der Waals surface area contributed by atoms with E-state index < -0.39 is 0 Å². The third-order valence-corrected chi connectivity index (χ3v) is 1.87. The third-order valence-electron chi connectivity index (χ3n) is 1.87. The molecule has 1 heterocycles. The largest absolute Gasteiger partial charge is 0.395 e. The minimum atomic E-state index is 0.565. The zero-order valence-corrected chi connectivity index (χ0v) is 8.89. The lowest BCUT2D eigenvalue weighted by Gasteiger charge is -2.10. The van der Waals surface area contributed by atoms with Gasteiger partial charge in [-0.1, -0.05) is 13.2 Å². The Hall–Kier alpha value is -1.64. The van der Waals surface area contributed by atoms with Crippen LogP contribution in [0.4, 0.5) is 5.69 Å². The summed E-state index contributed by atoms with van der Waals surface area (Å²) in [5.41, 5.74) is 9.60. The standard InChI is InChI=1S/C11H15N3/c1-6(2)10-9(12)11(7(3)4)14-8(5)13-10/h1,3,12H2,2,4-5H3. The van der Waals surface area contributed by atoms with Crippen LogP contribution in [-0.2, 0) is 0 Å². The number of nitrogens with two attached hydrogens (primary N) is 1. The minimum absolute atomic E-state index is 0.565. The topological polar surface area (TPSA) is 51.8 Å². The first-order chi connectivity index (χ1) is 6.43. The van der Waals surface area contributed by atoms with Gasteiger partial charge < -0.3 is 5.73 Å². The Morgan fingerprint density at radius 3 is 1.71 bits per heavy atom. The highest BCUT2D eigenvalue weighted by atomic mass is 14.9. The highest BCUT2D eigenvalue weighted by Crippen LogP contribution is 2.24. The van der Waals surface area contributed by atoms with Crippen LogP contribution in [0, 0.1) is 6.92 Å².